The number of hydrogen-bond donors (Lipinski definition) is 2. The van der Waals surface area contributed by atoms with Crippen LogP contribution >= 0.6 is 12.2 Å². The van der Waals surface area contributed by atoms with Gasteiger partial charge in [-0.25, -0.2) is 4.39 Å². The molecule has 0 radical (unpaired) electrons. The van der Waals surface area contributed by atoms with Gasteiger partial charge in [0.1, 0.15) is 11.5 Å². The smallest absolute Gasteiger partial charge is 0.270 e. The Bertz CT molecular complexity index is 931. The van der Waals surface area contributed by atoms with Gasteiger partial charge in [-0.05, 0) is 48.5 Å². The number of imidazole rings is 1. The van der Waals surface area contributed by atoms with E-state index in [9.17, 15) is 9.18 Å². The molecule has 0 aliphatic heterocycles. The van der Waals surface area contributed by atoms with Crippen LogP contribution in [0.5, 0.6) is 0 Å². The summed E-state index contributed by atoms with van der Waals surface area (Å²) in [6.07, 6.45) is 1.58. The van der Waals surface area contributed by atoms with E-state index in [1.54, 1.807) is 29.8 Å². The topological polar surface area (TPSA) is 49.8 Å². The van der Waals surface area contributed by atoms with Gasteiger partial charge >= 0.3 is 0 Å². The number of amides is 1. The van der Waals surface area contributed by atoms with Crippen molar-refractivity contribution in [1.29, 1.82) is 0 Å². The predicted molar refractivity (Wildman–Crippen MR) is 93.3 cm³/mol. The van der Waals surface area contributed by atoms with E-state index in [4.69, 9.17) is 12.2 Å². The molecule has 0 bridgehead atoms. The molecule has 0 spiro atoms. The van der Waals surface area contributed by atoms with Crippen LogP contribution in [0.4, 0.5) is 4.39 Å². The first-order chi connectivity index (χ1) is 11.6. The van der Waals surface area contributed by atoms with Gasteiger partial charge in [0.25, 0.3) is 5.91 Å². The molecule has 122 valence electrons. The molecule has 0 atom stereocenters. The number of nitrogens with zero attached hydrogens (tertiary/aromatic N) is 1. The minimum atomic E-state index is -0.256. The van der Waals surface area contributed by atoms with Crippen molar-refractivity contribution in [2.24, 2.45) is 0 Å². The average Bonchev–Trinajstić information content (AvgIpc) is 2.98. The molecule has 4 nitrogen and oxygen atoms in total. The van der Waals surface area contributed by atoms with Gasteiger partial charge in [0.05, 0.1) is 0 Å². The molecule has 1 heterocycles. The number of aromatic amines is 1. The normalized spacial score (nSPS) is 10.6. The molecule has 6 heteroatoms. The predicted octanol–water partition coefficient (Wildman–Crippen LogP) is 3.91. The fourth-order valence-electron chi connectivity index (χ4n) is 2.46. The minimum absolute atomic E-state index is 0.256. The van der Waals surface area contributed by atoms with Gasteiger partial charge < -0.3 is 10.3 Å². The summed E-state index contributed by atoms with van der Waals surface area (Å²) < 4.78 is 15.4. The van der Waals surface area contributed by atoms with E-state index < -0.39 is 0 Å². The third-order valence-corrected chi connectivity index (χ3v) is 4.00. The zero-order valence-electron chi connectivity index (χ0n) is 13.0. The molecule has 0 aliphatic rings. The van der Waals surface area contributed by atoms with Crippen LogP contribution in [0.25, 0.3) is 5.69 Å². The van der Waals surface area contributed by atoms with Crippen LogP contribution in [0.3, 0.4) is 0 Å². The molecular weight excluding hydrogens is 325 g/mol. The standard InChI is InChI=1S/C18H16FN3OS/c1-12-9-13(7-8-15(12)19)10-20-17(23)16-11-21-18(24)22(16)14-5-3-2-4-6-14/h2-9,11H,10H2,1H3,(H,20,23)(H,21,24). The van der Waals surface area contributed by atoms with Crippen LogP contribution in [0.2, 0.25) is 0 Å². The van der Waals surface area contributed by atoms with E-state index >= 15 is 0 Å². The monoisotopic (exact) mass is 341 g/mol. The number of hydrogen-bond acceptors (Lipinski definition) is 2. The lowest BCUT2D eigenvalue weighted by atomic mass is 10.1. The van der Waals surface area contributed by atoms with Crippen LogP contribution in [-0.4, -0.2) is 15.5 Å². The van der Waals surface area contributed by atoms with Crippen LogP contribution in [0.15, 0.2) is 54.7 Å². The van der Waals surface area contributed by atoms with Crippen molar-refractivity contribution in [3.8, 4) is 5.69 Å². The summed E-state index contributed by atoms with van der Waals surface area (Å²) >= 11 is 5.27. The molecule has 2 aromatic carbocycles. The summed E-state index contributed by atoms with van der Waals surface area (Å²) in [6.45, 7) is 2.01. The summed E-state index contributed by atoms with van der Waals surface area (Å²) in [7, 11) is 0. The molecule has 0 fully saturated rings. The Morgan fingerprint density at radius 2 is 2.00 bits per heavy atom. The second-order valence-electron chi connectivity index (χ2n) is 5.42. The third-order valence-electron chi connectivity index (χ3n) is 3.70. The van der Waals surface area contributed by atoms with Crippen LogP contribution < -0.4 is 5.32 Å². The molecule has 3 aromatic rings. The molecule has 1 aromatic heterocycles. The highest BCUT2D eigenvalue weighted by Gasteiger charge is 2.14. The summed E-state index contributed by atoms with van der Waals surface area (Å²) in [5.41, 5.74) is 2.62. The molecule has 2 N–H and O–H groups in total. The summed E-state index contributed by atoms with van der Waals surface area (Å²) in [5.74, 6) is -0.512. The van der Waals surface area contributed by atoms with E-state index in [0.717, 1.165) is 11.3 Å². The molecule has 0 saturated heterocycles. The Morgan fingerprint density at radius 1 is 1.25 bits per heavy atom. The first kappa shape index (κ1) is 16.1. The van der Waals surface area contributed by atoms with Gasteiger partial charge in [-0.2, -0.15) is 0 Å². The molecule has 0 saturated carbocycles. The van der Waals surface area contributed by atoms with E-state index in [2.05, 4.69) is 10.3 Å². The van der Waals surface area contributed by atoms with E-state index in [-0.39, 0.29) is 11.7 Å². The maximum Gasteiger partial charge on any atom is 0.270 e. The second-order valence-corrected chi connectivity index (χ2v) is 5.80. The molecule has 1 amide bonds. The van der Waals surface area contributed by atoms with Crippen molar-refractivity contribution in [2.75, 3.05) is 0 Å². The number of rotatable bonds is 4. The molecule has 24 heavy (non-hydrogen) atoms. The average molecular weight is 341 g/mol. The van der Waals surface area contributed by atoms with Crippen molar-refractivity contribution >= 4 is 18.1 Å². The fourth-order valence-corrected chi connectivity index (χ4v) is 2.72. The van der Waals surface area contributed by atoms with Gasteiger partial charge in [0.15, 0.2) is 4.77 Å². The van der Waals surface area contributed by atoms with Crippen molar-refractivity contribution in [3.05, 3.63) is 82.1 Å². The van der Waals surface area contributed by atoms with E-state index in [0.29, 0.717) is 22.6 Å². The summed E-state index contributed by atoms with van der Waals surface area (Å²) in [6, 6.07) is 14.2. The number of nitrogens with one attached hydrogen (secondary N) is 2. The van der Waals surface area contributed by atoms with Crippen LogP contribution in [-0.2, 0) is 6.54 Å². The van der Waals surface area contributed by atoms with Gasteiger partial charge in [-0.15, -0.1) is 0 Å². The van der Waals surface area contributed by atoms with Gasteiger partial charge in [0, 0.05) is 18.4 Å². The third kappa shape index (κ3) is 3.28. The van der Waals surface area contributed by atoms with Crippen LogP contribution in [0, 0.1) is 17.5 Å². The number of halogens is 1. The Balaban J connectivity index is 1.81. The van der Waals surface area contributed by atoms with Gasteiger partial charge in [-0.3, -0.25) is 9.36 Å². The SMILES string of the molecule is Cc1cc(CNC(=O)c2c[nH]c(=S)n2-c2ccccc2)ccc1F. The minimum Gasteiger partial charge on any atom is -0.347 e. The van der Waals surface area contributed by atoms with Crippen molar-refractivity contribution in [1.82, 2.24) is 14.9 Å². The number of aryl methyl sites for hydroxylation is 1. The van der Waals surface area contributed by atoms with Crippen LogP contribution in [0.1, 0.15) is 21.6 Å². The number of aromatic nitrogens is 2. The Hall–Kier alpha value is -2.73. The summed E-state index contributed by atoms with van der Waals surface area (Å²) in [4.78, 5) is 15.4. The molecule has 3 rings (SSSR count). The van der Waals surface area contributed by atoms with Crippen molar-refractivity contribution in [3.63, 3.8) is 0 Å². The Kier molecular flexibility index (Phi) is 4.57. The van der Waals surface area contributed by atoms with Gasteiger partial charge in [-0.1, -0.05) is 30.3 Å². The Labute approximate surface area is 144 Å². The highest BCUT2D eigenvalue weighted by molar-refractivity contribution is 7.71. The number of carbonyl (C=O) groups excluding carboxylic acids is 1. The maximum absolute atomic E-state index is 13.3. The lowest BCUT2D eigenvalue weighted by molar-refractivity contribution is 0.0944. The number of H-pyrrole nitrogens is 1. The Morgan fingerprint density at radius 3 is 2.71 bits per heavy atom. The molecular formula is C18H16FN3OS. The van der Waals surface area contributed by atoms with Crippen molar-refractivity contribution < 1.29 is 9.18 Å². The lowest BCUT2D eigenvalue weighted by Crippen LogP contribution is -2.25. The zero-order valence-corrected chi connectivity index (χ0v) is 13.9. The largest absolute Gasteiger partial charge is 0.347 e. The highest BCUT2D eigenvalue weighted by atomic mass is 32.1. The summed E-state index contributed by atoms with van der Waals surface area (Å²) in [5, 5.41) is 2.84. The second kappa shape index (κ2) is 6.80. The number of benzene rings is 2. The van der Waals surface area contributed by atoms with Gasteiger partial charge in [0.2, 0.25) is 0 Å². The fraction of sp³-hybridized carbons (Fsp3) is 0.111. The zero-order chi connectivity index (χ0) is 17.1. The highest BCUT2D eigenvalue weighted by Crippen LogP contribution is 2.13. The van der Waals surface area contributed by atoms with Crippen molar-refractivity contribution in [2.45, 2.75) is 13.5 Å². The quantitative estimate of drug-likeness (QED) is 0.707. The van der Waals surface area contributed by atoms with E-state index in [1.807, 2.05) is 30.3 Å². The van der Waals surface area contributed by atoms with E-state index in [1.165, 1.54) is 6.07 Å². The number of para-hydroxylation sites is 1. The molecule has 0 aliphatic carbocycles. The molecule has 0 unspecified atom stereocenters. The first-order valence-electron chi connectivity index (χ1n) is 7.45. The number of carbonyl (C=O) groups is 1. The maximum atomic E-state index is 13.3. The lowest BCUT2D eigenvalue weighted by Gasteiger charge is -2.09. The first-order valence-corrected chi connectivity index (χ1v) is 7.86.